The number of benzene rings is 1. The van der Waals surface area contributed by atoms with Gasteiger partial charge >= 0.3 is 0 Å². The molecule has 88 valence electrons. The number of aromatic nitrogens is 1. The van der Waals surface area contributed by atoms with Crippen molar-refractivity contribution in [2.75, 3.05) is 11.1 Å². The third-order valence-corrected chi connectivity index (χ3v) is 3.45. The molecule has 0 aliphatic carbocycles. The normalized spacial score (nSPS) is 10.3. The van der Waals surface area contributed by atoms with Crippen LogP contribution in [0.15, 0.2) is 34.8 Å². The van der Waals surface area contributed by atoms with Crippen LogP contribution in [0.1, 0.15) is 11.3 Å². The van der Waals surface area contributed by atoms with E-state index in [4.69, 9.17) is 5.73 Å². The number of nitrogens with one attached hydrogen (secondary N) is 1. The molecule has 17 heavy (non-hydrogen) atoms. The zero-order chi connectivity index (χ0) is 12.4. The van der Waals surface area contributed by atoms with Gasteiger partial charge in [0.05, 0.1) is 5.69 Å². The van der Waals surface area contributed by atoms with Crippen molar-refractivity contribution < 1.29 is 0 Å². The highest BCUT2D eigenvalue weighted by Gasteiger charge is 2.05. The summed E-state index contributed by atoms with van der Waals surface area (Å²) < 4.78 is 1.06. The van der Waals surface area contributed by atoms with Crippen molar-refractivity contribution >= 4 is 33.1 Å². The van der Waals surface area contributed by atoms with Gasteiger partial charge in [-0.2, -0.15) is 0 Å². The lowest BCUT2D eigenvalue weighted by atomic mass is 10.2. The summed E-state index contributed by atoms with van der Waals surface area (Å²) in [5.74, 6) is 0.700. The van der Waals surface area contributed by atoms with Gasteiger partial charge in [-0.05, 0) is 43.7 Å². The lowest BCUT2D eigenvalue weighted by Gasteiger charge is -2.12. The van der Waals surface area contributed by atoms with Crippen molar-refractivity contribution in [3.05, 3.63) is 46.1 Å². The Kier molecular flexibility index (Phi) is 3.33. The monoisotopic (exact) mass is 291 g/mol. The van der Waals surface area contributed by atoms with E-state index in [2.05, 4.69) is 26.2 Å². The maximum Gasteiger partial charge on any atom is 0.153 e. The van der Waals surface area contributed by atoms with Crippen LogP contribution in [-0.4, -0.2) is 4.98 Å². The summed E-state index contributed by atoms with van der Waals surface area (Å²) in [5, 5.41) is 3.26. The van der Waals surface area contributed by atoms with Crippen LogP contribution in [0.4, 0.5) is 17.2 Å². The number of nitrogens with zero attached hydrogens (tertiary/aromatic N) is 1. The Balaban J connectivity index is 2.38. The molecule has 3 nitrogen and oxygen atoms in total. The topological polar surface area (TPSA) is 50.9 Å². The van der Waals surface area contributed by atoms with Gasteiger partial charge in [0.15, 0.2) is 5.82 Å². The van der Waals surface area contributed by atoms with Gasteiger partial charge in [-0.1, -0.05) is 22.0 Å². The number of nitrogen functional groups attached to an aromatic ring is 1. The van der Waals surface area contributed by atoms with E-state index in [9.17, 15) is 0 Å². The first kappa shape index (κ1) is 11.9. The van der Waals surface area contributed by atoms with Crippen molar-refractivity contribution in [3.63, 3.8) is 0 Å². The fraction of sp³-hybridized carbons (Fsp3) is 0.154. The van der Waals surface area contributed by atoms with Crippen LogP contribution in [0, 0.1) is 13.8 Å². The van der Waals surface area contributed by atoms with Crippen LogP contribution < -0.4 is 11.1 Å². The number of aryl methyl sites for hydroxylation is 1. The molecule has 0 atom stereocenters. The largest absolute Gasteiger partial charge is 0.396 e. The lowest BCUT2D eigenvalue weighted by Crippen LogP contribution is -2.01. The maximum atomic E-state index is 5.89. The first-order valence-corrected chi connectivity index (χ1v) is 6.12. The van der Waals surface area contributed by atoms with Gasteiger partial charge < -0.3 is 11.1 Å². The quantitative estimate of drug-likeness (QED) is 0.885. The summed E-state index contributed by atoms with van der Waals surface area (Å²) >= 11 is 3.50. The predicted octanol–water partition coefficient (Wildman–Crippen LogP) is 3.79. The summed E-state index contributed by atoms with van der Waals surface area (Å²) in [4.78, 5) is 4.39. The van der Waals surface area contributed by atoms with Crippen molar-refractivity contribution in [2.45, 2.75) is 13.8 Å². The molecule has 0 aliphatic rings. The maximum absolute atomic E-state index is 5.89. The highest BCUT2D eigenvalue weighted by molar-refractivity contribution is 9.10. The minimum atomic E-state index is 0.648. The molecule has 0 saturated heterocycles. The van der Waals surface area contributed by atoms with Crippen molar-refractivity contribution in [2.24, 2.45) is 0 Å². The fourth-order valence-corrected chi connectivity index (χ4v) is 1.90. The van der Waals surface area contributed by atoms with Crippen LogP contribution in [0.2, 0.25) is 0 Å². The lowest BCUT2D eigenvalue weighted by molar-refractivity contribution is 1.20. The number of halogens is 1. The van der Waals surface area contributed by atoms with E-state index in [0.29, 0.717) is 11.5 Å². The molecule has 0 bridgehead atoms. The number of anilines is 3. The molecule has 2 rings (SSSR count). The number of rotatable bonds is 2. The van der Waals surface area contributed by atoms with Gasteiger partial charge in [-0.15, -0.1) is 0 Å². The minimum Gasteiger partial charge on any atom is -0.396 e. The van der Waals surface area contributed by atoms with E-state index in [1.165, 1.54) is 0 Å². The van der Waals surface area contributed by atoms with Gasteiger partial charge in [0.25, 0.3) is 0 Å². The molecular formula is C13H14BrN3. The Morgan fingerprint density at radius 1 is 1.18 bits per heavy atom. The Morgan fingerprint density at radius 3 is 2.71 bits per heavy atom. The van der Waals surface area contributed by atoms with Crippen LogP contribution in [-0.2, 0) is 0 Å². The Morgan fingerprint density at radius 2 is 1.94 bits per heavy atom. The molecule has 0 aliphatic heterocycles. The number of hydrogen-bond donors (Lipinski definition) is 2. The molecule has 0 fully saturated rings. The van der Waals surface area contributed by atoms with Crippen LogP contribution in [0.3, 0.4) is 0 Å². The number of hydrogen-bond acceptors (Lipinski definition) is 3. The second-order valence-corrected chi connectivity index (χ2v) is 4.78. The zero-order valence-corrected chi connectivity index (χ0v) is 11.4. The van der Waals surface area contributed by atoms with Gasteiger partial charge in [-0.3, -0.25) is 0 Å². The van der Waals surface area contributed by atoms with Crippen molar-refractivity contribution in [3.8, 4) is 0 Å². The molecule has 1 aromatic carbocycles. The van der Waals surface area contributed by atoms with E-state index in [1.54, 1.807) is 0 Å². The molecule has 1 aromatic heterocycles. The molecule has 3 N–H and O–H groups in total. The summed E-state index contributed by atoms with van der Waals surface area (Å²) in [6, 6.07) is 9.74. The summed E-state index contributed by atoms with van der Waals surface area (Å²) in [7, 11) is 0. The van der Waals surface area contributed by atoms with Crippen molar-refractivity contribution in [1.82, 2.24) is 4.98 Å². The van der Waals surface area contributed by atoms with Crippen LogP contribution in [0.5, 0.6) is 0 Å². The van der Waals surface area contributed by atoms with E-state index >= 15 is 0 Å². The molecule has 2 aromatic rings. The summed E-state index contributed by atoms with van der Waals surface area (Å²) in [6.07, 6.45) is 0. The highest BCUT2D eigenvalue weighted by Crippen LogP contribution is 2.27. The molecule has 0 unspecified atom stereocenters. The van der Waals surface area contributed by atoms with Gasteiger partial charge in [0.2, 0.25) is 0 Å². The van der Waals surface area contributed by atoms with E-state index in [1.807, 2.05) is 44.2 Å². The Labute approximate surface area is 109 Å². The minimum absolute atomic E-state index is 0.648. The Hall–Kier alpha value is -1.55. The third kappa shape index (κ3) is 2.58. The van der Waals surface area contributed by atoms with E-state index in [-0.39, 0.29) is 0 Å². The zero-order valence-electron chi connectivity index (χ0n) is 9.79. The SMILES string of the molecule is Cc1ccc(N)c(Nc2cccc(Br)c2C)n1. The van der Waals surface area contributed by atoms with Crippen LogP contribution >= 0.6 is 15.9 Å². The second-order valence-electron chi connectivity index (χ2n) is 3.93. The van der Waals surface area contributed by atoms with Gasteiger partial charge in [-0.25, -0.2) is 4.98 Å². The van der Waals surface area contributed by atoms with E-state index in [0.717, 1.165) is 21.4 Å². The van der Waals surface area contributed by atoms with E-state index < -0.39 is 0 Å². The average Bonchev–Trinajstić information content (AvgIpc) is 2.30. The molecule has 0 amide bonds. The summed E-state index contributed by atoms with van der Waals surface area (Å²) in [6.45, 7) is 3.98. The van der Waals surface area contributed by atoms with Crippen molar-refractivity contribution in [1.29, 1.82) is 0 Å². The van der Waals surface area contributed by atoms with Crippen LogP contribution in [0.25, 0.3) is 0 Å². The Bertz CT molecular complexity index is 552. The smallest absolute Gasteiger partial charge is 0.153 e. The first-order chi connectivity index (χ1) is 8.08. The molecule has 0 spiro atoms. The molecule has 1 heterocycles. The molecule has 0 radical (unpaired) electrons. The third-order valence-electron chi connectivity index (χ3n) is 2.59. The summed E-state index contributed by atoms with van der Waals surface area (Å²) in [5.41, 5.74) is 9.61. The molecule has 0 saturated carbocycles. The predicted molar refractivity (Wildman–Crippen MR) is 75.5 cm³/mol. The number of pyridine rings is 1. The average molecular weight is 292 g/mol. The number of nitrogens with two attached hydrogens (primary N) is 1. The molecule has 4 heteroatoms. The van der Waals surface area contributed by atoms with Gasteiger partial charge in [0.1, 0.15) is 0 Å². The standard InChI is InChI=1S/C13H14BrN3/c1-8-6-7-11(15)13(16-8)17-12-5-3-4-10(14)9(12)2/h3-7H,15H2,1-2H3,(H,16,17). The van der Waals surface area contributed by atoms with Gasteiger partial charge in [0, 0.05) is 15.9 Å². The first-order valence-electron chi connectivity index (χ1n) is 5.33. The second kappa shape index (κ2) is 4.75. The highest BCUT2D eigenvalue weighted by atomic mass is 79.9. The fourth-order valence-electron chi connectivity index (χ4n) is 1.54. The molecular weight excluding hydrogens is 278 g/mol.